The molecule has 0 aliphatic rings. The molecule has 0 saturated heterocycles. The van der Waals surface area contributed by atoms with Crippen molar-refractivity contribution < 1.29 is 12.8 Å². The Hall–Kier alpha value is -0.940. The Morgan fingerprint density at radius 1 is 1.28 bits per heavy atom. The molecule has 0 aliphatic heterocycles. The first-order valence-corrected chi connectivity index (χ1v) is 7.52. The first kappa shape index (κ1) is 15.1. The van der Waals surface area contributed by atoms with Gasteiger partial charge in [-0.1, -0.05) is 20.3 Å². The van der Waals surface area contributed by atoms with Gasteiger partial charge in [-0.05, 0) is 43.0 Å². The number of rotatable bonds is 5. The largest absolute Gasteiger partial charge is 0.241 e. The van der Waals surface area contributed by atoms with Crippen molar-refractivity contribution >= 4 is 10.0 Å². The molecule has 1 rings (SSSR count). The number of nitrogens with one attached hydrogen (secondary N) is 1. The van der Waals surface area contributed by atoms with Gasteiger partial charge in [-0.2, -0.15) is 0 Å². The van der Waals surface area contributed by atoms with E-state index in [4.69, 9.17) is 0 Å². The van der Waals surface area contributed by atoms with Crippen molar-refractivity contribution in [3.05, 3.63) is 29.1 Å². The normalized spacial score (nSPS) is 13.6. The molecule has 3 nitrogen and oxygen atoms in total. The van der Waals surface area contributed by atoms with Gasteiger partial charge >= 0.3 is 0 Å². The number of hydrogen-bond acceptors (Lipinski definition) is 2. The van der Waals surface area contributed by atoms with Crippen LogP contribution >= 0.6 is 0 Å². The average Bonchev–Trinajstić information content (AvgIpc) is 2.24. The summed E-state index contributed by atoms with van der Waals surface area (Å²) in [7, 11) is -3.56. The van der Waals surface area contributed by atoms with E-state index in [1.54, 1.807) is 13.8 Å². The molecule has 0 amide bonds. The first-order chi connectivity index (χ1) is 8.27. The lowest BCUT2D eigenvalue weighted by molar-refractivity contribution is 0.527. The van der Waals surface area contributed by atoms with Crippen LogP contribution in [0, 0.1) is 25.6 Å². The Morgan fingerprint density at radius 2 is 1.78 bits per heavy atom. The van der Waals surface area contributed by atoms with Crippen molar-refractivity contribution in [2.45, 2.75) is 39.0 Å². The van der Waals surface area contributed by atoms with E-state index in [-0.39, 0.29) is 10.8 Å². The van der Waals surface area contributed by atoms with Gasteiger partial charge in [-0.25, -0.2) is 17.5 Å². The molecule has 1 aromatic rings. The van der Waals surface area contributed by atoms with Gasteiger partial charge in [0.05, 0.1) is 4.90 Å². The second-order valence-corrected chi connectivity index (χ2v) is 6.44. The molecule has 1 N–H and O–H groups in total. The van der Waals surface area contributed by atoms with E-state index in [1.807, 2.05) is 13.8 Å². The van der Waals surface area contributed by atoms with Gasteiger partial charge in [-0.15, -0.1) is 0 Å². The van der Waals surface area contributed by atoms with Crippen LogP contribution < -0.4 is 4.72 Å². The van der Waals surface area contributed by atoms with Crippen LogP contribution in [-0.4, -0.2) is 15.0 Å². The first-order valence-electron chi connectivity index (χ1n) is 6.04. The molecule has 0 aromatic heterocycles. The second kappa shape index (κ2) is 5.80. The maximum atomic E-state index is 13.1. The van der Waals surface area contributed by atoms with E-state index >= 15 is 0 Å². The highest BCUT2D eigenvalue weighted by molar-refractivity contribution is 7.89. The fraction of sp³-hybridized carbons (Fsp3) is 0.538. The standard InChI is InChI=1S/C13H20FNO2S/c1-5-9(2)8-15-18(16,17)13-10(3)6-12(14)7-11(13)4/h6-7,9,15H,5,8H2,1-4H3. The summed E-state index contributed by atoms with van der Waals surface area (Å²) in [6.07, 6.45) is 0.907. The van der Waals surface area contributed by atoms with E-state index in [0.717, 1.165) is 6.42 Å². The van der Waals surface area contributed by atoms with E-state index in [9.17, 15) is 12.8 Å². The zero-order valence-corrected chi connectivity index (χ0v) is 12.1. The number of hydrogen-bond donors (Lipinski definition) is 1. The maximum absolute atomic E-state index is 13.1. The number of halogens is 1. The van der Waals surface area contributed by atoms with Gasteiger partial charge in [-0.3, -0.25) is 0 Å². The van der Waals surface area contributed by atoms with Crippen molar-refractivity contribution in [3.63, 3.8) is 0 Å². The fourth-order valence-corrected chi connectivity index (χ4v) is 3.40. The van der Waals surface area contributed by atoms with Crippen molar-refractivity contribution in [1.29, 1.82) is 0 Å². The Morgan fingerprint density at radius 3 is 2.22 bits per heavy atom. The topological polar surface area (TPSA) is 46.2 Å². The van der Waals surface area contributed by atoms with Gasteiger partial charge < -0.3 is 0 Å². The van der Waals surface area contributed by atoms with E-state index < -0.39 is 15.8 Å². The van der Waals surface area contributed by atoms with Crippen molar-refractivity contribution in [1.82, 2.24) is 4.72 Å². The quantitative estimate of drug-likeness (QED) is 0.896. The van der Waals surface area contributed by atoms with E-state index in [1.165, 1.54) is 12.1 Å². The summed E-state index contributed by atoms with van der Waals surface area (Å²) in [5.41, 5.74) is 0.869. The molecule has 0 radical (unpaired) electrons. The predicted molar refractivity (Wildman–Crippen MR) is 70.5 cm³/mol. The zero-order valence-electron chi connectivity index (χ0n) is 11.2. The molecule has 18 heavy (non-hydrogen) atoms. The smallest absolute Gasteiger partial charge is 0.211 e. The Labute approximate surface area is 108 Å². The molecule has 102 valence electrons. The Balaban J connectivity index is 3.06. The van der Waals surface area contributed by atoms with Crippen LogP contribution in [0.1, 0.15) is 31.4 Å². The Bertz CT molecular complexity index is 503. The van der Waals surface area contributed by atoms with Crippen molar-refractivity contribution in [3.8, 4) is 0 Å². The lowest BCUT2D eigenvalue weighted by Gasteiger charge is -2.14. The average molecular weight is 273 g/mol. The molecule has 0 saturated carbocycles. The van der Waals surface area contributed by atoms with E-state index in [2.05, 4.69) is 4.72 Å². The SMILES string of the molecule is CCC(C)CNS(=O)(=O)c1c(C)cc(F)cc1C. The number of sulfonamides is 1. The molecular formula is C13H20FNO2S. The monoisotopic (exact) mass is 273 g/mol. The second-order valence-electron chi connectivity index (χ2n) is 4.73. The molecule has 0 spiro atoms. The van der Waals surface area contributed by atoms with Crippen LogP contribution in [-0.2, 0) is 10.0 Å². The minimum atomic E-state index is -3.56. The number of benzene rings is 1. The predicted octanol–water partition coefficient (Wildman–Crippen LogP) is 2.77. The summed E-state index contributed by atoms with van der Waals surface area (Å²) in [6, 6.07) is 2.48. The van der Waals surface area contributed by atoms with Crippen molar-refractivity contribution in [2.75, 3.05) is 6.54 Å². The van der Waals surface area contributed by atoms with Gasteiger partial charge in [0.15, 0.2) is 0 Å². The van der Waals surface area contributed by atoms with Gasteiger partial charge in [0.25, 0.3) is 0 Å². The highest BCUT2D eigenvalue weighted by Gasteiger charge is 2.20. The Kier molecular flexibility index (Phi) is 4.87. The summed E-state index contributed by atoms with van der Waals surface area (Å²) in [5, 5.41) is 0. The molecule has 1 unspecified atom stereocenters. The minimum Gasteiger partial charge on any atom is -0.211 e. The summed E-state index contributed by atoms with van der Waals surface area (Å²) in [5.74, 6) is -0.133. The number of aryl methyl sites for hydroxylation is 2. The van der Waals surface area contributed by atoms with Crippen LogP contribution in [0.2, 0.25) is 0 Å². The molecule has 0 bridgehead atoms. The van der Waals surface area contributed by atoms with Crippen molar-refractivity contribution in [2.24, 2.45) is 5.92 Å². The van der Waals surface area contributed by atoms with Gasteiger partial charge in [0.2, 0.25) is 10.0 Å². The molecule has 1 atom stereocenters. The van der Waals surface area contributed by atoms with Crippen LogP contribution in [0.5, 0.6) is 0 Å². The lowest BCUT2D eigenvalue weighted by atomic mass is 10.1. The summed E-state index contributed by atoms with van der Waals surface area (Å²) >= 11 is 0. The van der Waals surface area contributed by atoms with E-state index in [0.29, 0.717) is 17.7 Å². The highest BCUT2D eigenvalue weighted by atomic mass is 32.2. The molecule has 5 heteroatoms. The van der Waals surface area contributed by atoms with Crippen LogP contribution in [0.4, 0.5) is 4.39 Å². The zero-order chi connectivity index (χ0) is 13.9. The summed E-state index contributed by atoms with van der Waals surface area (Å²) in [4.78, 5) is 0.187. The fourth-order valence-electron chi connectivity index (χ4n) is 1.79. The summed E-state index contributed by atoms with van der Waals surface area (Å²) in [6.45, 7) is 7.59. The van der Waals surface area contributed by atoms with Gasteiger partial charge in [0, 0.05) is 6.54 Å². The highest BCUT2D eigenvalue weighted by Crippen LogP contribution is 2.21. The molecule has 1 aromatic carbocycles. The third kappa shape index (κ3) is 3.53. The van der Waals surface area contributed by atoms with Gasteiger partial charge in [0.1, 0.15) is 5.82 Å². The third-order valence-corrected chi connectivity index (χ3v) is 4.74. The van der Waals surface area contributed by atoms with Crippen LogP contribution in [0.3, 0.4) is 0 Å². The molecule has 0 heterocycles. The third-order valence-electron chi connectivity index (χ3n) is 3.01. The minimum absolute atomic E-state index is 0.187. The maximum Gasteiger partial charge on any atom is 0.241 e. The molecular weight excluding hydrogens is 253 g/mol. The van der Waals surface area contributed by atoms with Crippen LogP contribution in [0.15, 0.2) is 17.0 Å². The van der Waals surface area contributed by atoms with Crippen LogP contribution in [0.25, 0.3) is 0 Å². The molecule has 0 aliphatic carbocycles. The summed E-state index contributed by atoms with van der Waals surface area (Å²) < 4.78 is 40.1. The lowest BCUT2D eigenvalue weighted by Crippen LogP contribution is -2.29. The molecule has 0 fully saturated rings.